The largest absolute Gasteiger partial charge is 0.494 e. The Morgan fingerprint density at radius 1 is 1.29 bits per heavy atom. The van der Waals surface area contributed by atoms with Crippen molar-refractivity contribution in [3.63, 3.8) is 0 Å². The maximum atomic E-state index is 12.3. The predicted octanol–water partition coefficient (Wildman–Crippen LogP) is 5.38. The van der Waals surface area contributed by atoms with Crippen LogP contribution in [0.5, 0.6) is 5.88 Å². The standard InChI is InChI=1S/C22H27N3O2S/c1-15(2)17-8-10-18(11-9-17)23-14-19-20(26)24-22(28)25(21(19)27)13-12-16-6-4-3-5-7-16/h6,8-11,14-15,27H,3-5,7,12-13H2,1-2H3,(H,24,26,28). The molecule has 0 aliphatic heterocycles. The van der Waals surface area contributed by atoms with Crippen molar-refractivity contribution < 1.29 is 5.11 Å². The first kappa shape index (κ1) is 20.3. The molecule has 1 aromatic carbocycles. The van der Waals surface area contributed by atoms with E-state index in [-0.39, 0.29) is 16.2 Å². The number of nitrogens with zero attached hydrogens (tertiary/aromatic N) is 2. The lowest BCUT2D eigenvalue weighted by atomic mass is 9.97. The number of H-pyrrole nitrogens is 1. The lowest BCUT2D eigenvalue weighted by Gasteiger charge is -2.15. The average molecular weight is 398 g/mol. The van der Waals surface area contributed by atoms with Crippen LogP contribution in [0.15, 0.2) is 45.7 Å². The van der Waals surface area contributed by atoms with Gasteiger partial charge in [0.15, 0.2) is 4.77 Å². The van der Waals surface area contributed by atoms with Crippen molar-refractivity contribution in [2.75, 3.05) is 0 Å². The van der Waals surface area contributed by atoms with Gasteiger partial charge in [0.25, 0.3) is 5.56 Å². The smallest absolute Gasteiger partial charge is 0.264 e. The highest BCUT2D eigenvalue weighted by Crippen LogP contribution is 2.23. The fourth-order valence-electron chi connectivity index (χ4n) is 3.37. The van der Waals surface area contributed by atoms with Crippen molar-refractivity contribution in [3.8, 4) is 5.88 Å². The number of aromatic hydroxyl groups is 1. The molecule has 148 valence electrons. The third kappa shape index (κ3) is 4.87. The molecule has 0 unspecified atom stereocenters. The summed E-state index contributed by atoms with van der Waals surface area (Å²) in [5.41, 5.74) is 3.03. The minimum Gasteiger partial charge on any atom is -0.494 e. The van der Waals surface area contributed by atoms with Gasteiger partial charge in [-0.25, -0.2) is 0 Å². The highest BCUT2D eigenvalue weighted by molar-refractivity contribution is 7.71. The summed E-state index contributed by atoms with van der Waals surface area (Å²) in [7, 11) is 0. The summed E-state index contributed by atoms with van der Waals surface area (Å²) >= 11 is 5.25. The predicted molar refractivity (Wildman–Crippen MR) is 117 cm³/mol. The molecule has 0 saturated carbocycles. The Bertz CT molecular complexity index is 998. The third-order valence-electron chi connectivity index (χ3n) is 5.15. The van der Waals surface area contributed by atoms with Crippen LogP contribution in [0, 0.1) is 4.77 Å². The highest BCUT2D eigenvalue weighted by atomic mass is 32.1. The van der Waals surface area contributed by atoms with Gasteiger partial charge < -0.3 is 5.11 Å². The van der Waals surface area contributed by atoms with Crippen molar-refractivity contribution in [3.05, 3.63) is 62.2 Å². The van der Waals surface area contributed by atoms with E-state index >= 15 is 0 Å². The summed E-state index contributed by atoms with van der Waals surface area (Å²) in [6.45, 7) is 4.81. The van der Waals surface area contributed by atoms with E-state index in [0.717, 1.165) is 24.9 Å². The van der Waals surface area contributed by atoms with Gasteiger partial charge in [0.1, 0.15) is 5.56 Å². The normalized spacial score (nSPS) is 14.6. The van der Waals surface area contributed by atoms with Gasteiger partial charge in [-0.3, -0.25) is 19.3 Å². The number of aromatic nitrogens is 2. The molecule has 0 saturated heterocycles. The van der Waals surface area contributed by atoms with E-state index < -0.39 is 5.56 Å². The summed E-state index contributed by atoms with van der Waals surface area (Å²) in [5.74, 6) is 0.315. The highest BCUT2D eigenvalue weighted by Gasteiger charge is 2.12. The lowest BCUT2D eigenvalue weighted by Crippen LogP contribution is -2.19. The van der Waals surface area contributed by atoms with Crippen LogP contribution in [0.25, 0.3) is 0 Å². The fourth-order valence-corrected chi connectivity index (χ4v) is 3.64. The summed E-state index contributed by atoms with van der Waals surface area (Å²) < 4.78 is 1.81. The number of hydrogen-bond donors (Lipinski definition) is 2. The van der Waals surface area contributed by atoms with Crippen LogP contribution < -0.4 is 5.56 Å². The monoisotopic (exact) mass is 397 g/mol. The Balaban J connectivity index is 1.83. The van der Waals surface area contributed by atoms with E-state index in [1.54, 1.807) is 4.57 Å². The molecule has 0 radical (unpaired) electrons. The molecular formula is C22H27N3O2S. The minimum atomic E-state index is -0.432. The van der Waals surface area contributed by atoms with E-state index in [9.17, 15) is 9.90 Å². The van der Waals surface area contributed by atoms with E-state index in [4.69, 9.17) is 12.2 Å². The molecule has 1 heterocycles. The van der Waals surface area contributed by atoms with E-state index in [2.05, 4.69) is 29.9 Å². The van der Waals surface area contributed by atoms with Crippen LogP contribution in [0.4, 0.5) is 5.69 Å². The molecule has 3 rings (SSSR count). The van der Waals surface area contributed by atoms with E-state index in [1.807, 2.05) is 24.3 Å². The molecule has 2 aromatic rings. The van der Waals surface area contributed by atoms with Gasteiger partial charge >= 0.3 is 0 Å². The molecule has 5 nitrogen and oxygen atoms in total. The average Bonchev–Trinajstić information content (AvgIpc) is 2.68. The molecule has 1 aliphatic carbocycles. The number of nitrogens with one attached hydrogen (secondary N) is 1. The van der Waals surface area contributed by atoms with Crippen LogP contribution >= 0.6 is 12.2 Å². The van der Waals surface area contributed by atoms with Crippen molar-refractivity contribution in [2.45, 2.75) is 58.4 Å². The maximum Gasteiger partial charge on any atom is 0.264 e. The maximum absolute atomic E-state index is 12.3. The summed E-state index contributed by atoms with van der Waals surface area (Å²) in [6.07, 6.45) is 9.17. The van der Waals surface area contributed by atoms with Gasteiger partial charge in [0.2, 0.25) is 5.88 Å². The Morgan fingerprint density at radius 2 is 2.04 bits per heavy atom. The molecule has 0 spiro atoms. The van der Waals surface area contributed by atoms with Crippen LogP contribution in [0.2, 0.25) is 0 Å². The van der Waals surface area contributed by atoms with E-state index in [1.165, 1.54) is 30.2 Å². The summed E-state index contributed by atoms with van der Waals surface area (Å²) in [6, 6.07) is 7.85. The topological polar surface area (TPSA) is 70.4 Å². The molecule has 0 fully saturated rings. The van der Waals surface area contributed by atoms with Gasteiger partial charge in [-0.05, 0) is 67.9 Å². The molecule has 2 N–H and O–H groups in total. The SMILES string of the molecule is CC(C)c1ccc(N=Cc2c(O)n(CCC3=CCCCC3)c(=S)[nH]c2=O)cc1. The molecule has 6 heteroatoms. The molecule has 28 heavy (non-hydrogen) atoms. The number of hydrogen-bond acceptors (Lipinski definition) is 4. The van der Waals surface area contributed by atoms with E-state index in [0.29, 0.717) is 12.5 Å². The Labute approximate surface area is 170 Å². The molecule has 0 bridgehead atoms. The van der Waals surface area contributed by atoms with Crippen molar-refractivity contribution in [1.29, 1.82) is 0 Å². The first-order valence-electron chi connectivity index (χ1n) is 9.83. The molecular weight excluding hydrogens is 370 g/mol. The van der Waals surface area contributed by atoms with Gasteiger partial charge in [-0.2, -0.15) is 0 Å². The van der Waals surface area contributed by atoms with Crippen molar-refractivity contribution in [2.24, 2.45) is 4.99 Å². The zero-order valence-corrected chi connectivity index (χ0v) is 17.3. The zero-order chi connectivity index (χ0) is 20.1. The second kappa shape index (κ2) is 9.15. The molecule has 0 amide bonds. The number of rotatable bonds is 6. The number of aliphatic imine (C=N–C) groups is 1. The van der Waals surface area contributed by atoms with Crippen LogP contribution in [0.3, 0.4) is 0 Å². The lowest BCUT2D eigenvalue weighted by molar-refractivity contribution is 0.402. The van der Waals surface area contributed by atoms with Crippen LogP contribution in [-0.4, -0.2) is 20.9 Å². The quantitative estimate of drug-likeness (QED) is 0.391. The number of benzene rings is 1. The first-order valence-corrected chi connectivity index (χ1v) is 10.2. The fraction of sp³-hybridized carbons (Fsp3) is 0.409. The van der Waals surface area contributed by atoms with Crippen LogP contribution in [-0.2, 0) is 6.54 Å². The molecule has 1 aromatic heterocycles. The number of allylic oxidation sites excluding steroid dienone is 2. The van der Waals surface area contributed by atoms with Gasteiger partial charge in [0, 0.05) is 12.8 Å². The second-order valence-electron chi connectivity index (χ2n) is 7.51. The summed E-state index contributed by atoms with van der Waals surface area (Å²) in [5, 5.41) is 10.6. The van der Waals surface area contributed by atoms with Crippen molar-refractivity contribution in [1.82, 2.24) is 9.55 Å². The zero-order valence-electron chi connectivity index (χ0n) is 16.4. The van der Waals surface area contributed by atoms with Crippen LogP contribution in [0.1, 0.15) is 63.0 Å². The summed E-state index contributed by atoms with van der Waals surface area (Å²) in [4.78, 5) is 19.3. The Hall–Kier alpha value is -2.47. The van der Waals surface area contributed by atoms with Gasteiger partial charge in [-0.15, -0.1) is 0 Å². The van der Waals surface area contributed by atoms with Crippen molar-refractivity contribution >= 4 is 24.1 Å². The Morgan fingerprint density at radius 3 is 2.68 bits per heavy atom. The first-order chi connectivity index (χ1) is 13.5. The van der Waals surface area contributed by atoms with Gasteiger partial charge in [-0.1, -0.05) is 37.6 Å². The second-order valence-corrected chi connectivity index (χ2v) is 7.90. The van der Waals surface area contributed by atoms with Gasteiger partial charge in [0.05, 0.1) is 5.69 Å². The molecule has 1 aliphatic rings. The molecule has 0 atom stereocenters. The number of aromatic amines is 1. The minimum absolute atomic E-state index is 0.124. The Kier molecular flexibility index (Phi) is 6.62. The third-order valence-corrected chi connectivity index (χ3v) is 5.47.